The normalized spacial score (nSPS) is 14.3. The molecule has 212 valence electrons. The maximum Gasteiger partial charge on any atom is 0.243 e. The standard InChI is InChI=1S/C31H37N3O4S2/c1-2-20-33(40(37,38)29-16-10-5-11-17-29)24-30(35)34(23-26-12-6-3-7-13-26)27-18-21-32(22-19-27)31(36)25-39-28-14-8-4-9-15-28/h3-17,27H,2,18-25H2,1H3. The van der Waals surface area contributed by atoms with Crippen molar-refractivity contribution in [1.29, 1.82) is 0 Å². The average Bonchev–Trinajstić information content (AvgIpc) is 3.00. The van der Waals surface area contributed by atoms with E-state index in [1.165, 1.54) is 16.1 Å². The first-order valence-electron chi connectivity index (χ1n) is 13.7. The highest BCUT2D eigenvalue weighted by molar-refractivity contribution is 8.00. The quantitative estimate of drug-likeness (QED) is 0.285. The van der Waals surface area contributed by atoms with E-state index in [0.717, 1.165) is 10.5 Å². The predicted octanol–water partition coefficient (Wildman–Crippen LogP) is 4.90. The van der Waals surface area contributed by atoms with Crippen molar-refractivity contribution >= 4 is 33.6 Å². The zero-order valence-corrected chi connectivity index (χ0v) is 24.5. The van der Waals surface area contributed by atoms with Crippen LogP contribution in [-0.2, 0) is 26.2 Å². The lowest BCUT2D eigenvalue weighted by Crippen LogP contribution is -2.51. The summed E-state index contributed by atoms with van der Waals surface area (Å²) in [5, 5.41) is 0. The van der Waals surface area contributed by atoms with Crippen molar-refractivity contribution in [3.63, 3.8) is 0 Å². The first-order chi connectivity index (χ1) is 19.4. The maximum absolute atomic E-state index is 13.8. The fourth-order valence-electron chi connectivity index (χ4n) is 4.90. The fourth-order valence-corrected chi connectivity index (χ4v) is 7.22. The molecule has 3 aromatic rings. The Balaban J connectivity index is 1.45. The molecule has 0 aliphatic carbocycles. The topological polar surface area (TPSA) is 78.0 Å². The van der Waals surface area contributed by atoms with Crippen LogP contribution >= 0.6 is 11.8 Å². The predicted molar refractivity (Wildman–Crippen MR) is 159 cm³/mol. The Bertz CT molecular complexity index is 1330. The van der Waals surface area contributed by atoms with Gasteiger partial charge in [0.1, 0.15) is 0 Å². The summed E-state index contributed by atoms with van der Waals surface area (Å²) >= 11 is 1.53. The molecule has 7 nitrogen and oxygen atoms in total. The zero-order chi connectivity index (χ0) is 28.4. The van der Waals surface area contributed by atoms with Crippen LogP contribution in [0.2, 0.25) is 0 Å². The van der Waals surface area contributed by atoms with Crippen LogP contribution in [-0.4, -0.2) is 72.3 Å². The van der Waals surface area contributed by atoms with Crippen LogP contribution in [0.15, 0.2) is 101 Å². The molecule has 0 radical (unpaired) electrons. The van der Waals surface area contributed by atoms with Gasteiger partial charge in [-0.2, -0.15) is 4.31 Å². The number of rotatable bonds is 12. The number of hydrogen-bond donors (Lipinski definition) is 0. The lowest BCUT2D eigenvalue weighted by atomic mass is 10.0. The lowest BCUT2D eigenvalue weighted by molar-refractivity contribution is -0.136. The van der Waals surface area contributed by atoms with E-state index >= 15 is 0 Å². The summed E-state index contributed by atoms with van der Waals surface area (Å²) in [6.45, 7) is 3.48. The van der Waals surface area contributed by atoms with E-state index in [1.807, 2.05) is 77.4 Å². The summed E-state index contributed by atoms with van der Waals surface area (Å²) < 4.78 is 28.1. The van der Waals surface area contributed by atoms with Crippen LogP contribution in [0.5, 0.6) is 0 Å². The molecule has 0 bridgehead atoms. The Morgan fingerprint density at radius 1 is 0.875 bits per heavy atom. The average molecular weight is 580 g/mol. The van der Waals surface area contributed by atoms with Gasteiger partial charge in [0.2, 0.25) is 21.8 Å². The van der Waals surface area contributed by atoms with Crippen molar-refractivity contribution in [3.05, 3.63) is 96.6 Å². The van der Waals surface area contributed by atoms with Gasteiger partial charge in [-0.15, -0.1) is 11.8 Å². The van der Waals surface area contributed by atoms with Gasteiger partial charge in [-0.1, -0.05) is 73.7 Å². The highest BCUT2D eigenvalue weighted by Crippen LogP contribution is 2.23. The molecule has 9 heteroatoms. The number of carbonyl (C=O) groups is 2. The smallest absolute Gasteiger partial charge is 0.243 e. The van der Waals surface area contributed by atoms with Gasteiger partial charge in [-0.25, -0.2) is 8.42 Å². The zero-order valence-electron chi connectivity index (χ0n) is 22.9. The lowest BCUT2D eigenvalue weighted by Gasteiger charge is -2.39. The van der Waals surface area contributed by atoms with E-state index in [1.54, 1.807) is 30.3 Å². The molecule has 1 saturated heterocycles. The number of sulfonamides is 1. The second-order valence-corrected chi connectivity index (χ2v) is 12.9. The Morgan fingerprint density at radius 3 is 2.05 bits per heavy atom. The van der Waals surface area contributed by atoms with E-state index in [-0.39, 0.29) is 35.8 Å². The minimum absolute atomic E-state index is 0.0820. The van der Waals surface area contributed by atoms with Crippen LogP contribution in [0.4, 0.5) is 0 Å². The number of thioether (sulfide) groups is 1. The van der Waals surface area contributed by atoms with Crippen LogP contribution in [0.3, 0.4) is 0 Å². The van der Waals surface area contributed by atoms with Crippen molar-refractivity contribution in [2.45, 2.75) is 48.6 Å². The Hall–Kier alpha value is -3.14. The van der Waals surface area contributed by atoms with E-state index in [4.69, 9.17) is 0 Å². The summed E-state index contributed by atoms with van der Waals surface area (Å²) in [4.78, 5) is 31.7. The number of piperidine rings is 1. The highest BCUT2D eigenvalue weighted by Gasteiger charge is 2.33. The van der Waals surface area contributed by atoms with Crippen molar-refractivity contribution in [1.82, 2.24) is 14.1 Å². The Labute approximate surface area is 242 Å². The van der Waals surface area contributed by atoms with Crippen molar-refractivity contribution in [2.75, 3.05) is 31.9 Å². The molecule has 0 unspecified atom stereocenters. The second kappa shape index (κ2) is 14.5. The molecule has 2 amide bonds. The molecule has 0 N–H and O–H groups in total. The number of amides is 2. The third-order valence-electron chi connectivity index (χ3n) is 7.05. The molecular formula is C31H37N3O4S2. The summed E-state index contributed by atoms with van der Waals surface area (Å²) in [6, 6.07) is 27.8. The molecule has 0 atom stereocenters. The Kier molecular flexibility index (Phi) is 10.8. The van der Waals surface area contributed by atoms with Crippen LogP contribution in [0.1, 0.15) is 31.7 Å². The van der Waals surface area contributed by atoms with Crippen molar-refractivity contribution < 1.29 is 18.0 Å². The van der Waals surface area contributed by atoms with Crippen LogP contribution < -0.4 is 0 Å². The van der Waals surface area contributed by atoms with E-state index in [0.29, 0.717) is 44.6 Å². The first kappa shape index (κ1) is 29.8. The van der Waals surface area contributed by atoms with Gasteiger partial charge in [0.15, 0.2) is 0 Å². The monoisotopic (exact) mass is 579 g/mol. The van der Waals surface area contributed by atoms with Gasteiger partial charge in [-0.05, 0) is 49.1 Å². The van der Waals surface area contributed by atoms with E-state index in [2.05, 4.69) is 0 Å². The Morgan fingerprint density at radius 2 is 1.45 bits per heavy atom. The van der Waals surface area contributed by atoms with E-state index < -0.39 is 10.0 Å². The number of benzene rings is 3. The van der Waals surface area contributed by atoms with Gasteiger partial charge in [-0.3, -0.25) is 9.59 Å². The molecule has 4 rings (SSSR count). The summed E-state index contributed by atoms with van der Waals surface area (Å²) in [6.07, 6.45) is 1.90. The number of likely N-dealkylation sites (tertiary alicyclic amines) is 1. The van der Waals surface area contributed by atoms with Crippen LogP contribution in [0, 0.1) is 0 Å². The van der Waals surface area contributed by atoms with Crippen molar-refractivity contribution in [2.24, 2.45) is 0 Å². The molecule has 0 saturated carbocycles. The molecule has 1 heterocycles. The fraction of sp³-hybridized carbons (Fsp3) is 0.355. The van der Waals surface area contributed by atoms with Crippen LogP contribution in [0.25, 0.3) is 0 Å². The number of nitrogens with zero attached hydrogens (tertiary/aromatic N) is 3. The van der Waals surface area contributed by atoms with Gasteiger partial charge < -0.3 is 9.80 Å². The van der Waals surface area contributed by atoms with Gasteiger partial charge in [0.25, 0.3) is 0 Å². The third kappa shape index (κ3) is 7.96. The second-order valence-electron chi connectivity index (χ2n) is 9.87. The first-order valence-corrected chi connectivity index (χ1v) is 16.1. The van der Waals surface area contributed by atoms with Gasteiger partial charge >= 0.3 is 0 Å². The van der Waals surface area contributed by atoms with Gasteiger partial charge in [0, 0.05) is 37.1 Å². The van der Waals surface area contributed by atoms with Gasteiger partial charge in [0.05, 0.1) is 17.2 Å². The largest absolute Gasteiger partial charge is 0.342 e. The molecule has 40 heavy (non-hydrogen) atoms. The summed E-state index contributed by atoms with van der Waals surface area (Å²) in [5.74, 6) is 0.252. The number of hydrogen-bond acceptors (Lipinski definition) is 5. The molecule has 0 aromatic heterocycles. The minimum Gasteiger partial charge on any atom is -0.342 e. The maximum atomic E-state index is 13.8. The molecule has 1 fully saturated rings. The summed E-state index contributed by atoms with van der Waals surface area (Å²) in [7, 11) is -3.81. The third-order valence-corrected chi connectivity index (χ3v) is 9.90. The molecular weight excluding hydrogens is 542 g/mol. The highest BCUT2D eigenvalue weighted by atomic mass is 32.2. The SMILES string of the molecule is CCCN(CC(=O)N(Cc1ccccc1)C1CCN(C(=O)CSc2ccccc2)CC1)S(=O)(=O)c1ccccc1. The number of carbonyl (C=O) groups excluding carboxylic acids is 2. The van der Waals surface area contributed by atoms with E-state index in [9.17, 15) is 18.0 Å². The molecule has 1 aliphatic rings. The van der Waals surface area contributed by atoms with Crippen molar-refractivity contribution in [3.8, 4) is 0 Å². The molecule has 0 spiro atoms. The molecule has 3 aromatic carbocycles. The summed E-state index contributed by atoms with van der Waals surface area (Å²) in [5.41, 5.74) is 0.988. The minimum atomic E-state index is -3.81. The molecule has 1 aliphatic heterocycles.